The van der Waals surface area contributed by atoms with Crippen LogP contribution in [0.3, 0.4) is 0 Å². The van der Waals surface area contributed by atoms with Gasteiger partial charge in [0.15, 0.2) is 16.1 Å². The van der Waals surface area contributed by atoms with Crippen molar-refractivity contribution in [3.63, 3.8) is 0 Å². The minimum atomic E-state index is -0.251. The Labute approximate surface area is 208 Å². The van der Waals surface area contributed by atoms with Gasteiger partial charge in [-0.05, 0) is 31.2 Å². The van der Waals surface area contributed by atoms with E-state index >= 15 is 0 Å². The van der Waals surface area contributed by atoms with E-state index in [9.17, 15) is 9.59 Å². The van der Waals surface area contributed by atoms with Gasteiger partial charge in [0, 0.05) is 25.1 Å². The van der Waals surface area contributed by atoms with Gasteiger partial charge in [-0.2, -0.15) is 0 Å². The van der Waals surface area contributed by atoms with Crippen LogP contribution >= 0.6 is 39.0 Å². The molecule has 174 valence electrons. The Bertz CT molecular complexity index is 1140. The summed E-state index contributed by atoms with van der Waals surface area (Å²) in [5.41, 5.74) is 0.586. The van der Waals surface area contributed by atoms with Crippen molar-refractivity contribution in [3.8, 4) is 5.75 Å². The lowest BCUT2D eigenvalue weighted by Gasteiger charge is -2.09. The van der Waals surface area contributed by atoms with Gasteiger partial charge >= 0.3 is 0 Å². The number of ether oxygens (including phenoxy) is 1. The van der Waals surface area contributed by atoms with Gasteiger partial charge in [0.05, 0.1) is 11.4 Å². The molecule has 12 heteroatoms. The molecule has 2 amide bonds. The zero-order valence-corrected chi connectivity index (χ0v) is 21.6. The van der Waals surface area contributed by atoms with Crippen LogP contribution in [0.15, 0.2) is 46.5 Å². The number of carbonyl (C=O) groups excluding carboxylic acids is 2. The number of aromatic nitrogens is 4. The first kappa shape index (κ1) is 24.9. The second-order valence-corrected chi connectivity index (χ2v) is 9.87. The largest absolute Gasteiger partial charge is 0.486 e. The van der Waals surface area contributed by atoms with E-state index in [4.69, 9.17) is 4.74 Å². The molecule has 9 nitrogen and oxygen atoms in total. The van der Waals surface area contributed by atoms with E-state index in [1.807, 2.05) is 28.8 Å². The first-order chi connectivity index (χ1) is 15.8. The molecular formula is C21H23BrN6O3S2. The molecule has 2 aromatic heterocycles. The van der Waals surface area contributed by atoms with Crippen LogP contribution < -0.4 is 10.1 Å². The number of thioether (sulfide) groups is 1. The Hall–Kier alpha value is -2.70. The Morgan fingerprint density at radius 2 is 2.03 bits per heavy atom. The van der Waals surface area contributed by atoms with E-state index < -0.39 is 0 Å². The van der Waals surface area contributed by atoms with E-state index in [2.05, 4.69) is 43.0 Å². The van der Waals surface area contributed by atoms with Gasteiger partial charge in [0.2, 0.25) is 5.91 Å². The Morgan fingerprint density at radius 3 is 2.70 bits per heavy atom. The second-order valence-electron chi connectivity index (χ2n) is 7.01. The zero-order chi connectivity index (χ0) is 24.0. The maximum Gasteiger partial charge on any atom is 0.265 e. The summed E-state index contributed by atoms with van der Waals surface area (Å²) in [7, 11) is 3.35. The van der Waals surface area contributed by atoms with Crippen LogP contribution in [0, 0.1) is 6.92 Å². The van der Waals surface area contributed by atoms with Crippen molar-refractivity contribution in [1.29, 1.82) is 0 Å². The molecule has 3 aromatic rings. The molecule has 33 heavy (non-hydrogen) atoms. The summed E-state index contributed by atoms with van der Waals surface area (Å²) in [5.74, 6) is 1.06. The zero-order valence-electron chi connectivity index (χ0n) is 18.4. The SMILES string of the molecule is C=CCn1c(COc2ccc(Br)cc2)nnc1SCC(=O)Nc1nc(C)c(C(=O)N(C)C)s1. The molecule has 0 aliphatic carbocycles. The topological polar surface area (TPSA) is 102 Å². The Kier molecular flexibility index (Phi) is 8.64. The van der Waals surface area contributed by atoms with Gasteiger partial charge in [-0.25, -0.2) is 4.98 Å². The maximum atomic E-state index is 12.5. The third-order valence-electron chi connectivity index (χ3n) is 4.26. The van der Waals surface area contributed by atoms with Gasteiger partial charge in [-0.15, -0.1) is 16.8 Å². The highest BCUT2D eigenvalue weighted by molar-refractivity contribution is 9.10. The minimum Gasteiger partial charge on any atom is -0.486 e. The number of amides is 2. The van der Waals surface area contributed by atoms with Gasteiger partial charge in [0.1, 0.15) is 17.2 Å². The molecule has 0 unspecified atom stereocenters. The van der Waals surface area contributed by atoms with Gasteiger partial charge in [-0.3, -0.25) is 14.2 Å². The lowest BCUT2D eigenvalue weighted by atomic mass is 10.3. The number of thiazole rings is 1. The third kappa shape index (κ3) is 6.65. The van der Waals surface area contributed by atoms with Crippen molar-refractivity contribution >= 4 is 56.0 Å². The second kappa shape index (κ2) is 11.4. The average molecular weight is 551 g/mol. The molecule has 1 aromatic carbocycles. The van der Waals surface area contributed by atoms with Gasteiger partial charge in [0.25, 0.3) is 5.91 Å². The summed E-state index contributed by atoms with van der Waals surface area (Å²) in [6.45, 7) is 6.24. The van der Waals surface area contributed by atoms with Gasteiger partial charge in [-0.1, -0.05) is 45.1 Å². The highest BCUT2D eigenvalue weighted by Gasteiger charge is 2.19. The number of carbonyl (C=O) groups is 2. The normalized spacial score (nSPS) is 10.7. The number of halogens is 1. The predicted octanol–water partition coefficient (Wildman–Crippen LogP) is 4.00. The molecule has 0 spiro atoms. The predicted molar refractivity (Wildman–Crippen MR) is 133 cm³/mol. The van der Waals surface area contributed by atoms with Crippen molar-refractivity contribution in [3.05, 3.63) is 57.8 Å². The number of anilines is 1. The van der Waals surface area contributed by atoms with E-state index in [1.165, 1.54) is 16.7 Å². The quantitative estimate of drug-likeness (QED) is 0.300. The molecular weight excluding hydrogens is 528 g/mol. The highest BCUT2D eigenvalue weighted by Crippen LogP contribution is 2.25. The number of benzene rings is 1. The highest BCUT2D eigenvalue weighted by atomic mass is 79.9. The Morgan fingerprint density at radius 1 is 1.30 bits per heavy atom. The van der Waals surface area contributed by atoms with Crippen LogP contribution in [-0.4, -0.2) is 56.3 Å². The van der Waals surface area contributed by atoms with Crippen LogP contribution in [0.5, 0.6) is 5.75 Å². The molecule has 0 fully saturated rings. The third-order valence-corrected chi connectivity index (χ3v) is 6.82. The number of nitrogens with zero attached hydrogens (tertiary/aromatic N) is 5. The number of hydrogen-bond acceptors (Lipinski definition) is 8. The Balaban J connectivity index is 1.60. The fourth-order valence-corrected chi connectivity index (χ4v) is 4.70. The number of nitrogens with one attached hydrogen (secondary N) is 1. The minimum absolute atomic E-state index is 0.110. The van der Waals surface area contributed by atoms with Crippen LogP contribution in [0.4, 0.5) is 5.13 Å². The summed E-state index contributed by atoms with van der Waals surface area (Å²) in [6, 6.07) is 7.51. The number of aryl methyl sites for hydroxylation is 1. The first-order valence-corrected chi connectivity index (χ1v) is 12.4. The van der Waals surface area contributed by atoms with Crippen molar-refractivity contribution < 1.29 is 14.3 Å². The molecule has 0 saturated carbocycles. The van der Waals surface area contributed by atoms with E-state index in [-0.39, 0.29) is 24.2 Å². The van der Waals surface area contributed by atoms with Gasteiger partial charge < -0.3 is 15.0 Å². The molecule has 0 aliphatic heterocycles. The summed E-state index contributed by atoms with van der Waals surface area (Å²) >= 11 is 5.80. The fraction of sp³-hybridized carbons (Fsp3) is 0.286. The molecule has 1 N–H and O–H groups in total. The molecule has 0 atom stereocenters. The van der Waals surface area contributed by atoms with Crippen LogP contribution in [0.2, 0.25) is 0 Å². The molecule has 2 heterocycles. The summed E-state index contributed by atoms with van der Waals surface area (Å²) in [5, 5.41) is 12.1. The summed E-state index contributed by atoms with van der Waals surface area (Å²) in [6.07, 6.45) is 1.73. The van der Waals surface area contributed by atoms with Crippen molar-refractivity contribution in [2.24, 2.45) is 0 Å². The lowest BCUT2D eigenvalue weighted by Crippen LogP contribution is -2.21. The standard InChI is InChI=1S/C21H23BrN6O3S2/c1-5-10-28-16(11-31-15-8-6-14(22)7-9-15)25-26-21(28)32-12-17(29)24-20-23-13(2)18(33-20)19(30)27(3)4/h5-9H,1,10-12H2,2-4H3,(H,23,24,29). The van der Waals surface area contributed by atoms with Crippen molar-refractivity contribution in [2.45, 2.75) is 25.2 Å². The van der Waals surface area contributed by atoms with E-state index in [1.54, 1.807) is 27.1 Å². The van der Waals surface area contributed by atoms with Crippen molar-refractivity contribution in [1.82, 2.24) is 24.6 Å². The first-order valence-electron chi connectivity index (χ1n) is 9.81. The van der Waals surface area contributed by atoms with E-state index in [0.29, 0.717) is 39.0 Å². The monoisotopic (exact) mass is 550 g/mol. The number of allylic oxidation sites excluding steroid dienone is 1. The summed E-state index contributed by atoms with van der Waals surface area (Å²) < 4.78 is 8.62. The summed E-state index contributed by atoms with van der Waals surface area (Å²) in [4.78, 5) is 30.9. The molecule has 3 rings (SSSR count). The maximum absolute atomic E-state index is 12.5. The van der Waals surface area contributed by atoms with Crippen molar-refractivity contribution in [2.75, 3.05) is 25.2 Å². The van der Waals surface area contributed by atoms with E-state index in [0.717, 1.165) is 15.8 Å². The van der Waals surface area contributed by atoms with Crippen LogP contribution in [0.1, 0.15) is 21.2 Å². The lowest BCUT2D eigenvalue weighted by molar-refractivity contribution is -0.113. The smallest absolute Gasteiger partial charge is 0.265 e. The molecule has 0 aliphatic rings. The average Bonchev–Trinajstić information content (AvgIpc) is 3.34. The number of rotatable bonds is 10. The fourth-order valence-electron chi connectivity index (χ4n) is 2.66. The molecule has 0 bridgehead atoms. The molecule has 0 radical (unpaired) electrons. The van der Waals surface area contributed by atoms with Crippen LogP contribution in [-0.2, 0) is 17.9 Å². The van der Waals surface area contributed by atoms with Crippen LogP contribution in [0.25, 0.3) is 0 Å². The molecule has 0 saturated heterocycles. The number of hydrogen-bond donors (Lipinski definition) is 1.